The molecule has 0 nitrogen and oxygen atoms in total. The molecule has 0 aromatic heterocycles. The van der Waals surface area contributed by atoms with Gasteiger partial charge in [0, 0.05) is 0 Å². The van der Waals surface area contributed by atoms with Gasteiger partial charge in [-0.2, -0.15) is 0 Å². The Labute approximate surface area is 363 Å². The van der Waals surface area contributed by atoms with Crippen LogP contribution >= 0.6 is 0 Å². The first-order valence-electron chi connectivity index (χ1n) is 22.3. The van der Waals surface area contributed by atoms with E-state index in [0.29, 0.717) is 0 Å². The largest absolute Gasteiger partial charge is 0.0616 e. The molecule has 0 amide bonds. The second-order valence-electron chi connectivity index (χ2n) is 20.0. The van der Waals surface area contributed by atoms with Crippen LogP contribution in [0.1, 0.15) is 52.7 Å². The van der Waals surface area contributed by atoms with E-state index < -0.39 is 0 Å². The zero-order valence-corrected chi connectivity index (χ0v) is 36.2. The Morgan fingerprint density at radius 1 is 0.258 bits per heavy atom. The maximum absolute atomic E-state index is 2.49. The topological polar surface area (TPSA) is 0 Å². The average molecular weight is 791 g/mol. The van der Waals surface area contributed by atoms with E-state index in [1.165, 1.54) is 143 Å². The van der Waals surface area contributed by atoms with Crippen molar-refractivity contribution < 1.29 is 0 Å². The molecular weight excluding hydrogens is 745 g/mol. The van der Waals surface area contributed by atoms with Crippen molar-refractivity contribution in [3.05, 3.63) is 181 Å². The van der Waals surface area contributed by atoms with Crippen LogP contribution in [0.25, 0.3) is 131 Å². The van der Waals surface area contributed by atoms with Crippen molar-refractivity contribution in [2.45, 2.75) is 52.4 Å². The third-order valence-electron chi connectivity index (χ3n) is 14.4. The lowest BCUT2D eigenvalue weighted by Crippen LogP contribution is -2.10. The molecule has 0 spiro atoms. The van der Waals surface area contributed by atoms with Gasteiger partial charge in [0.15, 0.2) is 0 Å². The lowest BCUT2D eigenvalue weighted by molar-refractivity contribution is 0.590. The molecule has 0 heteroatoms. The number of rotatable bonds is 2. The van der Waals surface area contributed by atoms with E-state index in [1.54, 1.807) is 0 Å². The van der Waals surface area contributed by atoms with Crippen molar-refractivity contribution in [2.24, 2.45) is 0 Å². The highest BCUT2D eigenvalue weighted by molar-refractivity contribution is 6.35. The smallest absolute Gasteiger partial charge is 0.000719 e. The molecule has 11 aromatic carbocycles. The molecule has 0 N–H and O–H groups in total. The van der Waals surface area contributed by atoms with Gasteiger partial charge in [0.25, 0.3) is 0 Å². The standard InChI is InChI=1S/C62H46/c1-61(2,3)40-25-20-36(21-26-40)55-49-31-30-43-47(29-24-39-32-51-45-16-9-13-35-14-10-17-46(54(35)45)52(51)34-50(39)43)58(49)56(37-22-27-41(28-23-37)62(4,5)6)59-48-19-11-18-44-42-15-8-7-12-38(42)33-53(57(44)48)60(55)59/h7-34H,1-6H3. The van der Waals surface area contributed by atoms with Gasteiger partial charge in [0.2, 0.25) is 0 Å². The van der Waals surface area contributed by atoms with Crippen molar-refractivity contribution in [2.75, 3.05) is 0 Å². The van der Waals surface area contributed by atoms with Gasteiger partial charge in [-0.3, -0.25) is 0 Å². The number of hydrogen-bond acceptors (Lipinski definition) is 0. The predicted molar refractivity (Wildman–Crippen MR) is 269 cm³/mol. The minimum atomic E-state index is 0.0451. The first-order chi connectivity index (χ1) is 30.0. The molecule has 2 aliphatic rings. The molecule has 0 saturated carbocycles. The lowest BCUT2D eigenvalue weighted by Gasteiger charge is -2.24. The van der Waals surface area contributed by atoms with Crippen LogP contribution in [0, 0.1) is 0 Å². The Morgan fingerprint density at radius 2 is 0.758 bits per heavy atom. The maximum Gasteiger partial charge on any atom is -0.000719 e. The summed E-state index contributed by atoms with van der Waals surface area (Å²) >= 11 is 0. The molecule has 62 heavy (non-hydrogen) atoms. The maximum atomic E-state index is 2.49. The number of hydrogen-bond donors (Lipinski definition) is 0. The Morgan fingerprint density at radius 3 is 1.45 bits per heavy atom. The van der Waals surface area contributed by atoms with Gasteiger partial charge in [0.05, 0.1) is 0 Å². The van der Waals surface area contributed by atoms with Crippen LogP contribution in [0.15, 0.2) is 170 Å². The van der Waals surface area contributed by atoms with Crippen LogP contribution in [-0.4, -0.2) is 0 Å². The molecule has 0 radical (unpaired) electrons. The SMILES string of the molecule is CC(C)(C)c1ccc(-c2c3c(c(-c4ccc(C(C)(C)C)cc4)c4c2ccc2c5cc6c(cc5ccc24)-c2cccc4cccc-6c24)-c2cccc4c2c-3cc2ccccc24)cc1. The summed E-state index contributed by atoms with van der Waals surface area (Å²) in [6.45, 7) is 13.9. The van der Waals surface area contributed by atoms with E-state index in [2.05, 4.69) is 211 Å². The van der Waals surface area contributed by atoms with Crippen molar-refractivity contribution in [1.29, 1.82) is 0 Å². The fourth-order valence-corrected chi connectivity index (χ4v) is 11.4. The van der Waals surface area contributed by atoms with E-state index in [9.17, 15) is 0 Å². The third kappa shape index (κ3) is 4.84. The highest BCUT2D eigenvalue weighted by Gasteiger charge is 2.33. The van der Waals surface area contributed by atoms with Crippen molar-refractivity contribution >= 4 is 64.6 Å². The van der Waals surface area contributed by atoms with Gasteiger partial charge in [-0.25, -0.2) is 0 Å². The van der Waals surface area contributed by atoms with E-state index in [1.807, 2.05) is 0 Å². The summed E-state index contributed by atoms with van der Waals surface area (Å²) in [5.41, 5.74) is 18.6. The van der Waals surface area contributed by atoms with Gasteiger partial charge in [-0.05, 0) is 172 Å². The monoisotopic (exact) mass is 790 g/mol. The van der Waals surface area contributed by atoms with Crippen LogP contribution in [0.4, 0.5) is 0 Å². The van der Waals surface area contributed by atoms with Crippen LogP contribution < -0.4 is 0 Å². The zero-order chi connectivity index (χ0) is 41.8. The van der Waals surface area contributed by atoms with Crippen molar-refractivity contribution in [3.63, 3.8) is 0 Å². The van der Waals surface area contributed by atoms with Crippen LogP contribution in [0.3, 0.4) is 0 Å². The molecule has 0 aliphatic heterocycles. The Balaban J connectivity index is 1.21. The molecule has 294 valence electrons. The summed E-state index contributed by atoms with van der Waals surface area (Å²) in [6, 6.07) is 65.6. The molecule has 0 bridgehead atoms. The minimum Gasteiger partial charge on any atom is -0.0616 e. The molecule has 0 saturated heterocycles. The summed E-state index contributed by atoms with van der Waals surface area (Å²) in [4.78, 5) is 0. The Hall–Kier alpha value is -7.02. The highest BCUT2D eigenvalue weighted by atomic mass is 14.4. The minimum absolute atomic E-state index is 0.0451. The van der Waals surface area contributed by atoms with Crippen LogP contribution in [-0.2, 0) is 10.8 Å². The fraction of sp³-hybridized carbons (Fsp3) is 0.129. The quantitative estimate of drug-likeness (QED) is 0.153. The average Bonchev–Trinajstić information content (AvgIpc) is 3.77. The van der Waals surface area contributed by atoms with Crippen molar-refractivity contribution in [1.82, 2.24) is 0 Å². The number of benzene rings is 11. The molecule has 13 rings (SSSR count). The second-order valence-corrected chi connectivity index (χ2v) is 20.0. The fourth-order valence-electron chi connectivity index (χ4n) is 11.4. The lowest BCUT2D eigenvalue weighted by atomic mass is 9.79. The Kier molecular flexibility index (Phi) is 7.09. The summed E-state index contributed by atoms with van der Waals surface area (Å²) in [7, 11) is 0. The van der Waals surface area contributed by atoms with Gasteiger partial charge in [0.1, 0.15) is 0 Å². The summed E-state index contributed by atoms with van der Waals surface area (Å²) < 4.78 is 0. The van der Waals surface area contributed by atoms with E-state index in [-0.39, 0.29) is 10.8 Å². The van der Waals surface area contributed by atoms with E-state index >= 15 is 0 Å². The van der Waals surface area contributed by atoms with Gasteiger partial charge >= 0.3 is 0 Å². The molecule has 11 aromatic rings. The van der Waals surface area contributed by atoms with E-state index in [0.717, 1.165) is 0 Å². The summed E-state index contributed by atoms with van der Waals surface area (Å²) in [5, 5.41) is 15.7. The van der Waals surface area contributed by atoms with Gasteiger partial charge < -0.3 is 0 Å². The van der Waals surface area contributed by atoms with Crippen LogP contribution in [0.2, 0.25) is 0 Å². The second kappa shape index (κ2) is 12.3. The normalized spacial score (nSPS) is 13.0. The first kappa shape index (κ1) is 35.7. The number of fused-ring (bicyclic) bond motifs is 13. The van der Waals surface area contributed by atoms with Crippen LogP contribution in [0.5, 0.6) is 0 Å². The van der Waals surface area contributed by atoms with Crippen molar-refractivity contribution in [3.8, 4) is 66.8 Å². The van der Waals surface area contributed by atoms with Gasteiger partial charge in [-0.15, -0.1) is 0 Å². The molecule has 2 aliphatic carbocycles. The Bertz CT molecular complexity index is 3760. The summed E-state index contributed by atoms with van der Waals surface area (Å²) in [6.07, 6.45) is 0. The first-order valence-corrected chi connectivity index (χ1v) is 22.3. The van der Waals surface area contributed by atoms with Gasteiger partial charge in [-0.1, -0.05) is 193 Å². The third-order valence-corrected chi connectivity index (χ3v) is 14.4. The highest BCUT2D eigenvalue weighted by Crippen LogP contribution is 2.60. The predicted octanol–water partition coefficient (Wildman–Crippen LogP) is 17.8. The molecule has 0 atom stereocenters. The molecular formula is C62H46. The van der Waals surface area contributed by atoms with E-state index in [4.69, 9.17) is 0 Å². The zero-order valence-electron chi connectivity index (χ0n) is 36.2. The molecule has 0 heterocycles. The summed E-state index contributed by atoms with van der Waals surface area (Å²) in [5.74, 6) is 0. The molecule has 0 unspecified atom stereocenters. The molecule has 0 fully saturated rings.